The Morgan fingerprint density at radius 2 is 1.83 bits per heavy atom. The van der Waals surface area contributed by atoms with Gasteiger partial charge in [0, 0.05) is 16.3 Å². The minimum Gasteiger partial charge on any atom is -0.330 e. The summed E-state index contributed by atoms with van der Waals surface area (Å²) >= 11 is 1.94. The molecular weight excluding hydrogens is 240 g/mol. The number of nitrogens with one attached hydrogen (secondary N) is 1. The quantitative estimate of drug-likeness (QED) is 0.830. The van der Waals surface area contributed by atoms with E-state index >= 15 is 0 Å². The molecule has 0 bridgehead atoms. The zero-order chi connectivity index (χ0) is 12.8. The third-order valence-corrected chi connectivity index (χ3v) is 5.33. The van der Waals surface area contributed by atoms with Gasteiger partial charge in [0.2, 0.25) is 0 Å². The van der Waals surface area contributed by atoms with Gasteiger partial charge in [-0.1, -0.05) is 6.92 Å². The summed E-state index contributed by atoms with van der Waals surface area (Å²) < 4.78 is 0. The van der Waals surface area contributed by atoms with Crippen molar-refractivity contribution >= 4 is 11.3 Å². The zero-order valence-electron chi connectivity index (χ0n) is 11.5. The topological polar surface area (TPSA) is 38.0 Å². The van der Waals surface area contributed by atoms with Crippen molar-refractivity contribution in [2.75, 3.05) is 13.1 Å². The summed E-state index contributed by atoms with van der Waals surface area (Å²) in [6.07, 6.45) is 6.55. The number of nitrogens with two attached hydrogens (primary N) is 1. The lowest BCUT2D eigenvalue weighted by Crippen LogP contribution is -2.28. The Balaban J connectivity index is 1.63. The van der Waals surface area contributed by atoms with Crippen LogP contribution >= 0.6 is 11.3 Å². The highest BCUT2D eigenvalue weighted by atomic mass is 32.1. The van der Waals surface area contributed by atoms with E-state index < -0.39 is 0 Å². The average molecular weight is 266 g/mol. The van der Waals surface area contributed by atoms with Gasteiger partial charge in [-0.15, -0.1) is 11.3 Å². The highest BCUT2D eigenvalue weighted by molar-refractivity contribution is 7.11. The molecule has 1 aliphatic carbocycles. The molecule has 0 aliphatic heterocycles. The van der Waals surface area contributed by atoms with Gasteiger partial charge in [0.1, 0.15) is 0 Å². The molecule has 0 radical (unpaired) electrons. The number of rotatable bonds is 6. The van der Waals surface area contributed by atoms with Crippen LogP contribution in [0.2, 0.25) is 0 Å². The molecule has 102 valence electrons. The van der Waals surface area contributed by atoms with E-state index in [0.717, 1.165) is 31.3 Å². The van der Waals surface area contributed by atoms with Gasteiger partial charge < -0.3 is 11.1 Å². The molecule has 0 aromatic carbocycles. The number of hydrogen-bond acceptors (Lipinski definition) is 3. The summed E-state index contributed by atoms with van der Waals surface area (Å²) in [6, 6.07) is 4.52. The molecule has 18 heavy (non-hydrogen) atoms. The lowest BCUT2D eigenvalue weighted by molar-refractivity contribution is 0.272. The van der Waals surface area contributed by atoms with Crippen LogP contribution < -0.4 is 11.1 Å². The fraction of sp³-hybridized carbons (Fsp3) is 0.733. The molecular formula is C15H26N2S. The van der Waals surface area contributed by atoms with Crippen molar-refractivity contribution in [2.24, 2.45) is 17.6 Å². The van der Waals surface area contributed by atoms with Crippen molar-refractivity contribution in [3.8, 4) is 0 Å². The fourth-order valence-corrected chi connectivity index (χ4v) is 3.71. The van der Waals surface area contributed by atoms with Gasteiger partial charge in [0.25, 0.3) is 0 Å². The Bertz CT molecular complexity index is 340. The molecule has 1 aliphatic rings. The van der Waals surface area contributed by atoms with Crippen LogP contribution in [0.25, 0.3) is 0 Å². The van der Waals surface area contributed by atoms with E-state index in [1.54, 1.807) is 0 Å². The molecule has 3 N–H and O–H groups in total. The lowest BCUT2D eigenvalue weighted by atomic mass is 9.82. The van der Waals surface area contributed by atoms with Gasteiger partial charge in [-0.3, -0.25) is 0 Å². The summed E-state index contributed by atoms with van der Waals surface area (Å²) in [7, 11) is 0. The molecule has 0 saturated heterocycles. The Morgan fingerprint density at radius 3 is 2.44 bits per heavy atom. The molecule has 3 heteroatoms. The Labute approximate surface area is 115 Å². The highest BCUT2D eigenvalue weighted by Crippen LogP contribution is 2.27. The van der Waals surface area contributed by atoms with Crippen LogP contribution in [0.4, 0.5) is 0 Å². The van der Waals surface area contributed by atoms with E-state index in [9.17, 15) is 0 Å². The highest BCUT2D eigenvalue weighted by Gasteiger charge is 2.19. The van der Waals surface area contributed by atoms with Crippen molar-refractivity contribution in [3.05, 3.63) is 21.9 Å². The van der Waals surface area contributed by atoms with E-state index in [2.05, 4.69) is 24.4 Å². The monoisotopic (exact) mass is 266 g/mol. The van der Waals surface area contributed by atoms with E-state index in [1.807, 2.05) is 11.3 Å². The predicted octanol–water partition coefficient (Wildman–Crippen LogP) is 3.17. The lowest BCUT2D eigenvalue weighted by Gasteiger charge is -2.27. The third kappa shape index (κ3) is 4.08. The first-order valence-electron chi connectivity index (χ1n) is 7.30. The second-order valence-corrected chi connectivity index (χ2v) is 6.73. The maximum absolute atomic E-state index is 5.73. The molecule has 2 nitrogen and oxygen atoms in total. The van der Waals surface area contributed by atoms with Crippen molar-refractivity contribution in [1.29, 1.82) is 0 Å². The molecule has 0 amide bonds. The maximum atomic E-state index is 5.73. The second-order valence-electron chi connectivity index (χ2n) is 5.47. The summed E-state index contributed by atoms with van der Waals surface area (Å²) in [4.78, 5) is 2.97. The van der Waals surface area contributed by atoms with Gasteiger partial charge in [0.05, 0.1) is 0 Å². The van der Waals surface area contributed by atoms with Gasteiger partial charge in [-0.25, -0.2) is 0 Å². The van der Waals surface area contributed by atoms with Crippen LogP contribution in [0.1, 0.15) is 42.4 Å². The summed E-state index contributed by atoms with van der Waals surface area (Å²) in [6.45, 7) is 5.33. The first-order chi connectivity index (χ1) is 8.81. The normalized spacial score (nSPS) is 24.3. The average Bonchev–Trinajstić information content (AvgIpc) is 2.87. The molecule has 1 heterocycles. The van der Waals surface area contributed by atoms with Crippen molar-refractivity contribution in [1.82, 2.24) is 5.32 Å². The SMILES string of the molecule is CCc1ccc(CNCC2CCC(CN)CC2)s1. The van der Waals surface area contributed by atoms with E-state index in [-0.39, 0.29) is 0 Å². The smallest absolute Gasteiger partial charge is 0.0299 e. The van der Waals surface area contributed by atoms with Gasteiger partial charge >= 0.3 is 0 Å². The number of aryl methyl sites for hydroxylation is 1. The molecule has 1 saturated carbocycles. The van der Waals surface area contributed by atoms with E-state index in [4.69, 9.17) is 5.73 Å². The molecule has 1 aromatic heterocycles. The van der Waals surface area contributed by atoms with Crippen LogP contribution in [0.5, 0.6) is 0 Å². The van der Waals surface area contributed by atoms with Crippen LogP contribution in [0, 0.1) is 11.8 Å². The van der Waals surface area contributed by atoms with Gasteiger partial charge in [0.15, 0.2) is 0 Å². The summed E-state index contributed by atoms with van der Waals surface area (Å²) in [5, 5.41) is 3.62. The Hall–Kier alpha value is -0.380. The summed E-state index contributed by atoms with van der Waals surface area (Å²) in [5.74, 6) is 1.67. The maximum Gasteiger partial charge on any atom is 0.0299 e. The molecule has 1 aromatic rings. The van der Waals surface area contributed by atoms with Crippen molar-refractivity contribution < 1.29 is 0 Å². The fourth-order valence-electron chi connectivity index (χ4n) is 2.78. The van der Waals surface area contributed by atoms with Crippen LogP contribution in [0.3, 0.4) is 0 Å². The molecule has 0 unspecified atom stereocenters. The first kappa shape index (κ1) is 14.0. The largest absolute Gasteiger partial charge is 0.330 e. The molecule has 0 atom stereocenters. The van der Waals surface area contributed by atoms with Crippen LogP contribution in [-0.2, 0) is 13.0 Å². The predicted molar refractivity (Wildman–Crippen MR) is 79.9 cm³/mol. The summed E-state index contributed by atoms with van der Waals surface area (Å²) in [5.41, 5.74) is 5.73. The van der Waals surface area contributed by atoms with E-state index in [1.165, 1.54) is 42.0 Å². The van der Waals surface area contributed by atoms with Gasteiger partial charge in [-0.2, -0.15) is 0 Å². The molecule has 2 rings (SSSR count). The number of hydrogen-bond donors (Lipinski definition) is 2. The Kier molecular flexibility index (Phi) is 5.67. The zero-order valence-corrected chi connectivity index (χ0v) is 12.3. The number of thiophene rings is 1. The van der Waals surface area contributed by atoms with E-state index in [0.29, 0.717) is 0 Å². The first-order valence-corrected chi connectivity index (χ1v) is 8.11. The van der Waals surface area contributed by atoms with Crippen LogP contribution in [-0.4, -0.2) is 13.1 Å². The Morgan fingerprint density at radius 1 is 1.17 bits per heavy atom. The minimum atomic E-state index is 0.797. The third-order valence-electron chi connectivity index (χ3n) is 4.10. The van der Waals surface area contributed by atoms with Gasteiger partial charge in [-0.05, 0) is 69.2 Å². The van der Waals surface area contributed by atoms with Crippen LogP contribution in [0.15, 0.2) is 12.1 Å². The molecule has 1 fully saturated rings. The van der Waals surface area contributed by atoms with Crippen molar-refractivity contribution in [2.45, 2.75) is 45.6 Å². The van der Waals surface area contributed by atoms with Crippen molar-refractivity contribution in [3.63, 3.8) is 0 Å². The minimum absolute atomic E-state index is 0.797. The second kappa shape index (κ2) is 7.27. The molecule has 0 spiro atoms. The standard InChI is InChI=1S/C15H26N2S/c1-2-14-7-8-15(18-14)11-17-10-13-5-3-12(9-16)4-6-13/h7-8,12-13,17H,2-6,9-11,16H2,1H3.